The van der Waals surface area contributed by atoms with Gasteiger partial charge in [0.1, 0.15) is 11.5 Å². The van der Waals surface area contributed by atoms with E-state index in [9.17, 15) is 10.2 Å². The van der Waals surface area contributed by atoms with Crippen molar-refractivity contribution < 1.29 is 44.2 Å². The minimum absolute atomic E-state index is 0. The lowest BCUT2D eigenvalue weighted by Crippen LogP contribution is -3.00. The van der Waals surface area contributed by atoms with E-state index < -0.39 is 0 Å². The maximum absolute atomic E-state index is 10.2. The fraction of sp³-hybridized carbons (Fsp3) is 0.375. The van der Waals surface area contributed by atoms with E-state index in [0.29, 0.717) is 11.5 Å². The lowest BCUT2D eigenvalue weighted by atomic mass is 9.79. The summed E-state index contributed by atoms with van der Waals surface area (Å²) in [6.07, 6.45) is 14.5. The van der Waals surface area contributed by atoms with Gasteiger partial charge in [0.05, 0.1) is 24.1 Å². The van der Waals surface area contributed by atoms with E-state index in [-0.39, 0.29) is 24.8 Å². The van der Waals surface area contributed by atoms with Crippen LogP contribution in [-0.4, -0.2) is 69.2 Å². The molecule has 58 heavy (non-hydrogen) atoms. The Bertz CT molecular complexity index is 2640. The van der Waals surface area contributed by atoms with Gasteiger partial charge in [-0.15, -0.1) is 0 Å². The summed E-state index contributed by atoms with van der Waals surface area (Å²) in [7, 11) is 0. The lowest BCUT2D eigenvalue weighted by molar-refractivity contribution is -0.695. The van der Waals surface area contributed by atoms with Gasteiger partial charge in [0, 0.05) is 55.5 Å². The molecule has 0 radical (unpaired) electrons. The molecule has 10 heteroatoms. The molecule has 8 nitrogen and oxygen atoms in total. The van der Waals surface area contributed by atoms with E-state index in [2.05, 4.69) is 93.5 Å². The molecule has 8 aromatic rings. The van der Waals surface area contributed by atoms with Crippen molar-refractivity contribution in [3.63, 3.8) is 0 Å². The molecule has 2 aliphatic heterocycles. The van der Waals surface area contributed by atoms with Gasteiger partial charge in [-0.1, -0.05) is 0 Å². The number of rotatable bonds is 7. The van der Waals surface area contributed by atoms with Crippen LogP contribution in [0.15, 0.2) is 73.3 Å². The number of benzene rings is 4. The summed E-state index contributed by atoms with van der Waals surface area (Å²) in [5, 5.41) is 30.2. The summed E-state index contributed by atoms with van der Waals surface area (Å²) in [5.41, 5.74) is 9.55. The molecular formula is C48H54Cl2N6O2. The number of halogens is 2. The fourth-order valence-electron chi connectivity index (χ4n) is 10.7. The highest BCUT2D eigenvalue weighted by Crippen LogP contribution is 2.39. The Morgan fingerprint density at radius 3 is 1.33 bits per heavy atom. The Morgan fingerprint density at radius 2 is 0.931 bits per heavy atom. The number of aromatic hydroxyl groups is 2. The number of hydrogen-bond acceptors (Lipinski definition) is 4. The van der Waals surface area contributed by atoms with Gasteiger partial charge in [-0.3, -0.25) is 9.80 Å². The molecule has 0 atom stereocenters. The number of aryl methyl sites for hydroxylation is 4. The quantitative estimate of drug-likeness (QED) is 0.187. The molecule has 0 saturated carbocycles. The highest BCUT2D eigenvalue weighted by Gasteiger charge is 2.30. The number of aromatic nitrogens is 4. The largest absolute Gasteiger partial charge is 1.00 e. The second-order valence-electron chi connectivity index (χ2n) is 17.1. The van der Waals surface area contributed by atoms with Crippen molar-refractivity contribution in [2.45, 2.75) is 66.5 Å². The van der Waals surface area contributed by atoms with Crippen LogP contribution < -0.4 is 33.9 Å². The van der Waals surface area contributed by atoms with E-state index >= 15 is 0 Å². The van der Waals surface area contributed by atoms with Crippen LogP contribution in [0.5, 0.6) is 11.5 Å². The van der Waals surface area contributed by atoms with E-state index in [4.69, 9.17) is 0 Å². The number of phenols is 2. The van der Waals surface area contributed by atoms with Crippen molar-refractivity contribution in [3.05, 3.63) is 95.6 Å². The van der Waals surface area contributed by atoms with Crippen LogP contribution in [0, 0.1) is 39.5 Å². The smallest absolute Gasteiger partial charge is 0.176 e. The molecule has 10 rings (SSSR count). The number of hydrogen-bond donors (Lipinski definition) is 4. The van der Waals surface area contributed by atoms with Crippen molar-refractivity contribution in [1.29, 1.82) is 0 Å². The average Bonchev–Trinajstić information content (AvgIpc) is 3.80. The van der Waals surface area contributed by atoms with Crippen LogP contribution >= 0.6 is 0 Å². The number of nitrogens with zero attached hydrogens (tertiary/aromatic N) is 4. The van der Waals surface area contributed by atoms with E-state index in [1.54, 1.807) is 12.1 Å². The molecule has 2 saturated heterocycles. The zero-order valence-electron chi connectivity index (χ0n) is 34.0. The van der Waals surface area contributed by atoms with Crippen molar-refractivity contribution >= 4 is 65.2 Å². The molecular weight excluding hydrogens is 763 g/mol. The first-order valence-corrected chi connectivity index (χ1v) is 20.8. The number of pyridine rings is 2. The second kappa shape index (κ2) is 15.9. The molecule has 6 heterocycles. The van der Waals surface area contributed by atoms with Gasteiger partial charge in [-0.05, 0) is 161 Å². The molecule has 302 valence electrons. The second-order valence-corrected chi connectivity index (χ2v) is 17.1. The minimum atomic E-state index is 0. The molecule has 4 N–H and O–H groups in total. The third-order valence-electron chi connectivity index (χ3n) is 14.0. The first-order valence-electron chi connectivity index (χ1n) is 20.8. The minimum Gasteiger partial charge on any atom is -1.00 e. The predicted octanol–water partition coefficient (Wildman–Crippen LogP) is 2.61. The molecule has 2 aliphatic rings. The highest BCUT2D eigenvalue weighted by atomic mass is 35.5. The summed E-state index contributed by atoms with van der Waals surface area (Å²) in [5.74, 6) is 2.33. The van der Waals surface area contributed by atoms with Crippen molar-refractivity contribution in [2.24, 2.45) is 11.8 Å². The van der Waals surface area contributed by atoms with Crippen molar-refractivity contribution in [1.82, 2.24) is 19.8 Å². The normalized spacial score (nSPS) is 16.3. The Labute approximate surface area is 352 Å². The van der Waals surface area contributed by atoms with Crippen molar-refractivity contribution in [3.8, 4) is 11.5 Å². The maximum Gasteiger partial charge on any atom is 0.176 e. The number of H-pyrrole nitrogens is 2. The van der Waals surface area contributed by atoms with Gasteiger partial charge in [-0.25, -0.2) is 9.13 Å². The van der Waals surface area contributed by atoms with Crippen LogP contribution in [0.25, 0.3) is 65.2 Å². The summed E-state index contributed by atoms with van der Waals surface area (Å²) in [6, 6.07) is 15.8. The third kappa shape index (κ3) is 6.92. The van der Waals surface area contributed by atoms with Gasteiger partial charge in [0.2, 0.25) is 0 Å². The number of phenolic OH excluding ortho intramolecular Hbond substituents is 2. The van der Waals surface area contributed by atoms with Gasteiger partial charge in [-0.2, -0.15) is 0 Å². The number of aromatic amines is 2. The van der Waals surface area contributed by atoms with Crippen LogP contribution in [-0.2, 0) is 13.1 Å². The fourth-order valence-corrected chi connectivity index (χ4v) is 10.7. The number of piperidine rings is 2. The third-order valence-corrected chi connectivity index (χ3v) is 14.0. The molecule has 0 unspecified atom stereocenters. The lowest BCUT2D eigenvalue weighted by Gasteiger charge is -2.39. The Hall–Kier alpha value is -4.60. The van der Waals surface area contributed by atoms with Gasteiger partial charge in [0.25, 0.3) is 0 Å². The molecule has 2 fully saturated rings. The van der Waals surface area contributed by atoms with Crippen LogP contribution in [0.2, 0.25) is 0 Å². The molecule has 4 aromatic carbocycles. The maximum atomic E-state index is 10.2. The van der Waals surface area contributed by atoms with Gasteiger partial charge in [0.15, 0.2) is 37.9 Å². The summed E-state index contributed by atoms with van der Waals surface area (Å²) in [4.78, 5) is 12.6. The number of likely N-dealkylation sites (tertiary alicyclic amines) is 2. The first-order chi connectivity index (χ1) is 27.2. The SMILES string of the molecule is Cc1c2cc[n+](CCN3CCC(C4CCN(CC[n+]5ccc6c(C)c7[nH]c8ccc(O)cc8c7c(C)c6c5)CC4)CC3)cc2c(C)c2c1[nH]c1ccc(O)cc12.[Cl-].[Cl-]. The van der Waals surface area contributed by atoms with E-state index in [1.165, 1.54) is 117 Å². The van der Waals surface area contributed by atoms with Crippen LogP contribution in [0.4, 0.5) is 0 Å². The molecule has 0 spiro atoms. The number of fused-ring (bicyclic) bond motifs is 8. The van der Waals surface area contributed by atoms with E-state index in [0.717, 1.165) is 59.8 Å². The standard InChI is InChI=1S/C48H52N6O2.2ClH/c1-29-41-27-53(19-13-37(41)31(3)47-45(29)39-25-35(55)5-7-43(39)49-47)23-21-51-15-9-33(10-16-51)34-11-17-52(18-12-34)22-24-54-20-14-38-32(4)48-46(30(2)42(38)28-54)40-26-36(56)6-8-44(40)50-48;;/h5-8,13-14,19-20,25-28,33-34,55-56H,9-12,15-18,21-24H2,1-4H3;2*1H. The Morgan fingerprint density at radius 1 is 0.534 bits per heavy atom. The highest BCUT2D eigenvalue weighted by molar-refractivity contribution is 6.17. The first kappa shape index (κ1) is 40.2. The number of nitrogens with one attached hydrogen (secondary N) is 2. The Kier molecular flexibility index (Phi) is 11.0. The molecule has 0 bridgehead atoms. The van der Waals surface area contributed by atoms with Gasteiger partial charge >= 0.3 is 0 Å². The Balaban J connectivity index is 0.00000235. The molecule has 0 aliphatic carbocycles. The zero-order chi connectivity index (χ0) is 38.2. The van der Waals surface area contributed by atoms with Crippen LogP contribution in [0.3, 0.4) is 0 Å². The molecule has 4 aromatic heterocycles. The summed E-state index contributed by atoms with van der Waals surface area (Å²) < 4.78 is 4.75. The summed E-state index contributed by atoms with van der Waals surface area (Å²) in [6.45, 7) is 17.9. The van der Waals surface area contributed by atoms with E-state index in [1.807, 2.05) is 24.3 Å². The van der Waals surface area contributed by atoms with Crippen molar-refractivity contribution in [2.75, 3.05) is 39.3 Å². The topological polar surface area (TPSA) is 86.3 Å². The molecule has 0 amide bonds. The zero-order valence-corrected chi connectivity index (χ0v) is 35.5. The summed E-state index contributed by atoms with van der Waals surface area (Å²) >= 11 is 0. The monoisotopic (exact) mass is 816 g/mol. The van der Waals surface area contributed by atoms with Gasteiger partial charge < -0.3 is 45.0 Å². The van der Waals surface area contributed by atoms with Crippen LogP contribution in [0.1, 0.15) is 47.9 Å². The predicted molar refractivity (Wildman–Crippen MR) is 228 cm³/mol. The average molecular weight is 818 g/mol.